The zero-order valence-electron chi connectivity index (χ0n) is 11.9. The van der Waals surface area contributed by atoms with E-state index in [-0.39, 0.29) is 17.6 Å². The lowest BCUT2D eigenvalue weighted by atomic mass is 10.1. The predicted molar refractivity (Wildman–Crippen MR) is 74.9 cm³/mol. The van der Waals surface area contributed by atoms with Crippen LogP contribution in [0.3, 0.4) is 0 Å². The summed E-state index contributed by atoms with van der Waals surface area (Å²) in [4.78, 5) is 13.9. The molecule has 0 radical (unpaired) electrons. The Morgan fingerprint density at radius 2 is 2.00 bits per heavy atom. The van der Waals surface area contributed by atoms with Gasteiger partial charge >= 0.3 is 0 Å². The molecule has 1 fully saturated rings. The Kier molecular flexibility index (Phi) is 5.64. The number of hydrogen-bond donors (Lipinski definition) is 1. The highest BCUT2D eigenvalue weighted by Crippen LogP contribution is 2.17. The van der Waals surface area contributed by atoms with Crippen LogP contribution >= 0.6 is 0 Å². The predicted octanol–water partition coefficient (Wildman–Crippen LogP) is 1.93. The summed E-state index contributed by atoms with van der Waals surface area (Å²) in [5, 5.41) is 0. The molecule has 0 unspecified atom stereocenters. The van der Waals surface area contributed by atoms with Crippen molar-refractivity contribution in [2.24, 2.45) is 5.73 Å². The summed E-state index contributed by atoms with van der Waals surface area (Å²) in [5.74, 6) is -2.21. The van der Waals surface area contributed by atoms with Gasteiger partial charge in [0.2, 0.25) is 0 Å². The zero-order chi connectivity index (χ0) is 15.2. The second kappa shape index (κ2) is 7.47. The third-order valence-electron chi connectivity index (χ3n) is 3.60. The molecule has 1 amide bonds. The molecule has 1 heterocycles. The number of halogens is 2. The van der Waals surface area contributed by atoms with Gasteiger partial charge in [-0.3, -0.25) is 4.79 Å². The minimum Gasteiger partial charge on any atom is -0.378 e. The van der Waals surface area contributed by atoms with Gasteiger partial charge in [-0.2, -0.15) is 0 Å². The van der Waals surface area contributed by atoms with Crippen LogP contribution in [0.5, 0.6) is 0 Å². The zero-order valence-corrected chi connectivity index (χ0v) is 11.9. The molecule has 116 valence electrons. The molecule has 1 aliphatic rings. The standard InChI is InChI=1S/C15H20F2N2O2/c16-13-3-2-11(10-14(13)17)15(20)19-7-4-12(5-8-19)21-9-1-6-18/h2-3,10,12H,1,4-9,18H2. The number of hydrogen-bond acceptors (Lipinski definition) is 3. The molecule has 6 heteroatoms. The molecule has 2 N–H and O–H groups in total. The molecule has 0 spiro atoms. The number of rotatable bonds is 5. The second-order valence-corrected chi connectivity index (χ2v) is 5.13. The fraction of sp³-hybridized carbons (Fsp3) is 0.533. The van der Waals surface area contributed by atoms with Crippen LogP contribution in [0, 0.1) is 11.6 Å². The van der Waals surface area contributed by atoms with E-state index < -0.39 is 11.6 Å². The fourth-order valence-electron chi connectivity index (χ4n) is 2.37. The normalized spacial score (nSPS) is 16.2. The Balaban J connectivity index is 1.86. The maximum Gasteiger partial charge on any atom is 0.253 e. The van der Waals surface area contributed by atoms with E-state index in [0.717, 1.165) is 31.4 Å². The molecule has 1 aliphatic heterocycles. The fourth-order valence-corrected chi connectivity index (χ4v) is 2.37. The molecule has 2 rings (SSSR count). The highest BCUT2D eigenvalue weighted by molar-refractivity contribution is 5.94. The lowest BCUT2D eigenvalue weighted by molar-refractivity contribution is 0.00843. The second-order valence-electron chi connectivity index (χ2n) is 5.13. The number of amides is 1. The average Bonchev–Trinajstić information content (AvgIpc) is 2.50. The molecule has 1 saturated heterocycles. The van der Waals surface area contributed by atoms with Crippen molar-refractivity contribution >= 4 is 5.91 Å². The van der Waals surface area contributed by atoms with Gasteiger partial charge in [0.25, 0.3) is 5.91 Å². The van der Waals surface area contributed by atoms with Gasteiger partial charge < -0.3 is 15.4 Å². The number of likely N-dealkylation sites (tertiary alicyclic amines) is 1. The first-order chi connectivity index (χ1) is 10.1. The first kappa shape index (κ1) is 15.9. The van der Waals surface area contributed by atoms with Gasteiger partial charge in [0.15, 0.2) is 11.6 Å². The van der Waals surface area contributed by atoms with Crippen molar-refractivity contribution in [3.05, 3.63) is 35.4 Å². The van der Waals surface area contributed by atoms with Crippen LogP contribution in [0.2, 0.25) is 0 Å². The van der Waals surface area contributed by atoms with Crippen LogP contribution in [-0.4, -0.2) is 43.2 Å². The maximum absolute atomic E-state index is 13.2. The van der Waals surface area contributed by atoms with Gasteiger partial charge in [-0.15, -0.1) is 0 Å². The van der Waals surface area contributed by atoms with Gasteiger partial charge in [-0.05, 0) is 44.0 Å². The first-order valence-corrected chi connectivity index (χ1v) is 7.18. The summed E-state index contributed by atoms with van der Waals surface area (Å²) in [6, 6.07) is 3.23. The minimum absolute atomic E-state index is 0.144. The summed E-state index contributed by atoms with van der Waals surface area (Å²) >= 11 is 0. The smallest absolute Gasteiger partial charge is 0.253 e. The summed E-state index contributed by atoms with van der Waals surface area (Å²) in [6.45, 7) is 2.36. The molecular formula is C15H20F2N2O2. The number of nitrogens with zero attached hydrogens (tertiary/aromatic N) is 1. The van der Waals surface area contributed by atoms with Gasteiger partial charge in [0, 0.05) is 25.3 Å². The highest BCUT2D eigenvalue weighted by atomic mass is 19.2. The number of carbonyl (C=O) groups excluding carboxylic acids is 1. The molecule has 1 aromatic rings. The van der Waals surface area contributed by atoms with Gasteiger partial charge in [0.1, 0.15) is 0 Å². The average molecular weight is 298 g/mol. The number of ether oxygens (including phenoxy) is 1. The molecule has 4 nitrogen and oxygen atoms in total. The number of piperidine rings is 1. The summed E-state index contributed by atoms with van der Waals surface area (Å²) in [6.07, 6.45) is 2.47. The van der Waals surface area contributed by atoms with E-state index in [1.807, 2.05) is 0 Å². The van der Waals surface area contributed by atoms with Crippen LogP contribution in [0.1, 0.15) is 29.6 Å². The maximum atomic E-state index is 13.2. The van der Waals surface area contributed by atoms with E-state index in [2.05, 4.69) is 0 Å². The summed E-state index contributed by atoms with van der Waals surface area (Å²) < 4.78 is 31.7. The van der Waals surface area contributed by atoms with E-state index in [1.165, 1.54) is 6.07 Å². The highest BCUT2D eigenvalue weighted by Gasteiger charge is 2.24. The van der Waals surface area contributed by atoms with Crippen molar-refractivity contribution in [1.82, 2.24) is 4.90 Å². The third kappa shape index (κ3) is 4.22. The summed E-state index contributed by atoms with van der Waals surface area (Å²) in [7, 11) is 0. The molecule has 21 heavy (non-hydrogen) atoms. The van der Waals surface area contributed by atoms with Crippen LogP contribution in [0.15, 0.2) is 18.2 Å². The van der Waals surface area contributed by atoms with Crippen molar-refractivity contribution < 1.29 is 18.3 Å². The van der Waals surface area contributed by atoms with Crippen LogP contribution in [0.25, 0.3) is 0 Å². The van der Waals surface area contributed by atoms with Gasteiger partial charge in [0.05, 0.1) is 6.10 Å². The Morgan fingerprint density at radius 3 is 2.62 bits per heavy atom. The number of nitrogens with two attached hydrogens (primary N) is 1. The topological polar surface area (TPSA) is 55.6 Å². The van der Waals surface area contributed by atoms with Crippen molar-refractivity contribution in [3.8, 4) is 0 Å². The Bertz CT molecular complexity index is 489. The molecule has 0 saturated carbocycles. The Morgan fingerprint density at radius 1 is 1.29 bits per heavy atom. The van der Waals surface area contributed by atoms with E-state index in [9.17, 15) is 13.6 Å². The Hall–Kier alpha value is -1.53. The van der Waals surface area contributed by atoms with Crippen LogP contribution < -0.4 is 5.73 Å². The van der Waals surface area contributed by atoms with Crippen molar-refractivity contribution in [1.29, 1.82) is 0 Å². The molecule has 0 aliphatic carbocycles. The molecular weight excluding hydrogens is 278 g/mol. The lowest BCUT2D eigenvalue weighted by Gasteiger charge is -2.32. The largest absolute Gasteiger partial charge is 0.378 e. The van der Waals surface area contributed by atoms with Crippen molar-refractivity contribution in [2.75, 3.05) is 26.2 Å². The quantitative estimate of drug-likeness (QED) is 0.845. The van der Waals surface area contributed by atoms with E-state index in [1.54, 1.807) is 4.90 Å². The van der Waals surface area contributed by atoms with Gasteiger partial charge in [-0.25, -0.2) is 8.78 Å². The van der Waals surface area contributed by atoms with E-state index in [4.69, 9.17) is 10.5 Å². The molecule has 0 bridgehead atoms. The molecule has 0 atom stereocenters. The molecule has 0 aromatic heterocycles. The lowest BCUT2D eigenvalue weighted by Crippen LogP contribution is -2.41. The molecule has 1 aromatic carbocycles. The van der Waals surface area contributed by atoms with Crippen LogP contribution in [0.4, 0.5) is 8.78 Å². The van der Waals surface area contributed by atoms with Crippen molar-refractivity contribution in [3.63, 3.8) is 0 Å². The van der Waals surface area contributed by atoms with E-state index >= 15 is 0 Å². The van der Waals surface area contributed by atoms with Crippen molar-refractivity contribution in [2.45, 2.75) is 25.4 Å². The minimum atomic E-state index is -0.999. The first-order valence-electron chi connectivity index (χ1n) is 7.18. The Labute approximate surface area is 122 Å². The van der Waals surface area contributed by atoms with E-state index in [0.29, 0.717) is 26.2 Å². The summed E-state index contributed by atoms with van der Waals surface area (Å²) in [5.41, 5.74) is 5.58. The third-order valence-corrected chi connectivity index (χ3v) is 3.60. The monoisotopic (exact) mass is 298 g/mol. The van der Waals surface area contributed by atoms with Crippen LogP contribution in [-0.2, 0) is 4.74 Å². The number of benzene rings is 1. The van der Waals surface area contributed by atoms with Gasteiger partial charge in [-0.1, -0.05) is 0 Å². The number of carbonyl (C=O) groups is 1. The SMILES string of the molecule is NCCCOC1CCN(C(=O)c2ccc(F)c(F)c2)CC1.